The normalized spacial score (nSPS) is 53.5. The number of aliphatic hydroxyl groups is 7. The van der Waals surface area contributed by atoms with E-state index < -0.39 is 68.0 Å². The van der Waals surface area contributed by atoms with E-state index in [1.807, 2.05) is 0 Å². The van der Waals surface area contributed by atoms with Gasteiger partial charge in [-0.3, -0.25) is 0 Å². The van der Waals surface area contributed by atoms with Crippen LogP contribution in [0.25, 0.3) is 0 Å². The molecule has 0 bridgehead atoms. The molecule has 0 aromatic heterocycles. The summed E-state index contributed by atoms with van der Waals surface area (Å²) in [5, 5.41) is 67.6. The van der Waals surface area contributed by atoms with E-state index in [2.05, 4.69) is 0 Å². The van der Waals surface area contributed by atoms with Crippen LogP contribution >= 0.6 is 0 Å². The van der Waals surface area contributed by atoms with Crippen LogP contribution in [0.5, 0.6) is 0 Å². The first-order valence-corrected chi connectivity index (χ1v) is 6.93. The molecule has 2 fully saturated rings. The molecule has 0 aromatic rings. The van der Waals surface area contributed by atoms with Gasteiger partial charge >= 0.3 is 0 Å². The quantitative estimate of drug-likeness (QED) is 0.269. The molecule has 2 aliphatic rings. The Labute approximate surface area is 126 Å². The van der Waals surface area contributed by atoms with E-state index in [1.165, 1.54) is 6.92 Å². The third kappa shape index (κ3) is 3.26. The molecule has 2 heterocycles. The molecule has 10 atom stereocenters. The summed E-state index contributed by atoms with van der Waals surface area (Å²) >= 11 is 0. The van der Waals surface area contributed by atoms with Gasteiger partial charge in [-0.25, -0.2) is 0 Å². The Morgan fingerprint density at radius 3 is 2.05 bits per heavy atom. The average Bonchev–Trinajstić information content (AvgIpc) is 2.50. The molecule has 10 nitrogen and oxygen atoms in total. The summed E-state index contributed by atoms with van der Waals surface area (Å²) in [6.45, 7) is 0.814. The molecule has 2 saturated heterocycles. The van der Waals surface area contributed by atoms with Crippen molar-refractivity contribution in [2.24, 2.45) is 0 Å². The summed E-state index contributed by atoms with van der Waals surface area (Å²) in [5.74, 6) is 0. The van der Waals surface area contributed by atoms with Gasteiger partial charge in [-0.15, -0.1) is 0 Å². The molecule has 0 unspecified atom stereocenters. The summed E-state index contributed by atoms with van der Waals surface area (Å²) in [4.78, 5) is 0. The largest absolute Gasteiger partial charge is 0.394 e. The second kappa shape index (κ2) is 7.01. The monoisotopic (exact) mass is 326 g/mol. The second-order valence-corrected chi connectivity index (χ2v) is 5.51. The van der Waals surface area contributed by atoms with E-state index in [0.717, 1.165) is 0 Å². The lowest BCUT2D eigenvalue weighted by Crippen LogP contribution is -2.63. The Morgan fingerprint density at radius 2 is 1.45 bits per heavy atom. The van der Waals surface area contributed by atoms with Gasteiger partial charge in [0.2, 0.25) is 0 Å². The molecule has 0 saturated carbocycles. The van der Waals surface area contributed by atoms with E-state index in [0.29, 0.717) is 0 Å². The van der Waals surface area contributed by atoms with Crippen LogP contribution in [0.2, 0.25) is 0 Å². The fourth-order valence-corrected chi connectivity index (χ4v) is 2.51. The Morgan fingerprint density at radius 1 is 0.818 bits per heavy atom. The Bertz CT molecular complexity index is 368. The fourth-order valence-electron chi connectivity index (χ4n) is 2.51. The van der Waals surface area contributed by atoms with Crippen LogP contribution in [0, 0.1) is 0 Å². The first kappa shape index (κ1) is 17.9. The number of hydrogen-bond acceptors (Lipinski definition) is 10. The van der Waals surface area contributed by atoms with Crippen molar-refractivity contribution in [3.05, 3.63) is 0 Å². The third-order valence-electron chi connectivity index (χ3n) is 3.94. The highest BCUT2D eigenvalue weighted by atomic mass is 16.7. The lowest BCUT2D eigenvalue weighted by atomic mass is 9.97. The molecule has 7 N–H and O–H groups in total. The summed E-state index contributed by atoms with van der Waals surface area (Å²) in [7, 11) is 0. The van der Waals surface area contributed by atoms with Crippen LogP contribution in [-0.4, -0.2) is 104 Å². The van der Waals surface area contributed by atoms with Crippen molar-refractivity contribution in [1.29, 1.82) is 0 Å². The van der Waals surface area contributed by atoms with Crippen molar-refractivity contribution >= 4 is 0 Å². The minimum Gasteiger partial charge on any atom is -0.394 e. The molecule has 0 amide bonds. The molecular formula is C12H22O10. The van der Waals surface area contributed by atoms with Gasteiger partial charge in [0.1, 0.15) is 42.7 Å². The van der Waals surface area contributed by atoms with Crippen LogP contribution in [-0.2, 0) is 14.2 Å². The molecule has 0 aliphatic carbocycles. The minimum absolute atomic E-state index is 0.628. The topological polar surface area (TPSA) is 169 Å². The van der Waals surface area contributed by atoms with E-state index >= 15 is 0 Å². The Kier molecular flexibility index (Phi) is 5.72. The zero-order valence-corrected chi connectivity index (χ0v) is 11.8. The lowest BCUT2D eigenvalue weighted by Gasteiger charge is -2.44. The van der Waals surface area contributed by atoms with Gasteiger partial charge < -0.3 is 50.0 Å². The predicted octanol–water partition coefficient (Wildman–Crippen LogP) is -4.37. The molecule has 0 radical (unpaired) electrons. The molecule has 2 rings (SSSR count). The van der Waals surface area contributed by atoms with Gasteiger partial charge in [0.05, 0.1) is 12.7 Å². The van der Waals surface area contributed by atoms with Crippen LogP contribution in [0.4, 0.5) is 0 Å². The highest BCUT2D eigenvalue weighted by Gasteiger charge is 2.49. The second-order valence-electron chi connectivity index (χ2n) is 5.51. The van der Waals surface area contributed by atoms with Crippen LogP contribution in [0.3, 0.4) is 0 Å². The molecule has 130 valence electrons. The Balaban J connectivity index is 2.10. The fraction of sp³-hybridized carbons (Fsp3) is 1.00. The smallest absolute Gasteiger partial charge is 0.187 e. The van der Waals surface area contributed by atoms with Gasteiger partial charge in [-0.1, -0.05) is 0 Å². The van der Waals surface area contributed by atoms with E-state index in [4.69, 9.17) is 19.3 Å². The van der Waals surface area contributed by atoms with Crippen molar-refractivity contribution < 1.29 is 50.0 Å². The minimum atomic E-state index is -1.71. The number of hydrogen-bond donors (Lipinski definition) is 7. The molecule has 2 aliphatic heterocycles. The van der Waals surface area contributed by atoms with Crippen molar-refractivity contribution in [2.45, 2.75) is 68.3 Å². The zero-order valence-electron chi connectivity index (χ0n) is 11.8. The van der Waals surface area contributed by atoms with Crippen molar-refractivity contribution in [3.63, 3.8) is 0 Å². The van der Waals surface area contributed by atoms with Gasteiger partial charge in [0.15, 0.2) is 12.6 Å². The first-order valence-electron chi connectivity index (χ1n) is 6.93. The number of aliphatic hydroxyl groups excluding tert-OH is 7. The van der Waals surface area contributed by atoms with E-state index in [1.54, 1.807) is 0 Å². The van der Waals surface area contributed by atoms with Gasteiger partial charge in [0.25, 0.3) is 0 Å². The molecule has 22 heavy (non-hydrogen) atoms. The van der Waals surface area contributed by atoms with Crippen LogP contribution < -0.4 is 0 Å². The summed E-state index contributed by atoms with van der Waals surface area (Å²) < 4.78 is 15.3. The maximum atomic E-state index is 9.99. The van der Waals surface area contributed by atoms with Gasteiger partial charge in [-0.2, -0.15) is 0 Å². The average molecular weight is 326 g/mol. The molecule has 0 aromatic carbocycles. The van der Waals surface area contributed by atoms with Crippen LogP contribution in [0.15, 0.2) is 0 Å². The highest BCUT2D eigenvalue weighted by molar-refractivity contribution is 4.93. The summed E-state index contributed by atoms with van der Waals surface area (Å²) in [6, 6.07) is 0. The van der Waals surface area contributed by atoms with Crippen molar-refractivity contribution in [2.75, 3.05) is 6.61 Å². The van der Waals surface area contributed by atoms with Crippen molar-refractivity contribution in [1.82, 2.24) is 0 Å². The highest BCUT2D eigenvalue weighted by Crippen LogP contribution is 2.28. The van der Waals surface area contributed by atoms with Crippen molar-refractivity contribution in [3.8, 4) is 0 Å². The Hall–Kier alpha value is -0.400. The van der Waals surface area contributed by atoms with Gasteiger partial charge in [0, 0.05) is 0 Å². The first-order chi connectivity index (χ1) is 10.3. The van der Waals surface area contributed by atoms with E-state index in [-0.39, 0.29) is 0 Å². The maximum Gasteiger partial charge on any atom is 0.187 e. The number of ether oxygens (including phenoxy) is 3. The molecular weight excluding hydrogens is 304 g/mol. The summed E-state index contributed by atoms with van der Waals surface area (Å²) in [6.07, 6.45) is -14.3. The number of rotatable bonds is 3. The molecule has 0 spiro atoms. The van der Waals surface area contributed by atoms with E-state index in [9.17, 15) is 30.6 Å². The third-order valence-corrected chi connectivity index (χ3v) is 3.94. The zero-order chi connectivity index (χ0) is 16.6. The predicted molar refractivity (Wildman–Crippen MR) is 67.2 cm³/mol. The van der Waals surface area contributed by atoms with Crippen LogP contribution in [0.1, 0.15) is 6.92 Å². The standard InChI is InChI=1S/C12H22O10/c1-3-5(14)7(16)8(17)12(20-3)22-10-6(15)4(2-13)21-11(19)9(10)18/h3-19H,2H2,1H3/t3-,4+,5+,6+,7+,8-,9+,10-,11-,12-/m0/s1. The SMILES string of the molecule is C[C@@H]1O[C@@H](O[C@@H]2[C@@H](O)[C@@H](O)O[C@H](CO)[C@H]2O)[C@@H](O)[C@H](O)[C@@H]1O. The molecule has 10 heteroatoms. The lowest BCUT2D eigenvalue weighted by molar-refractivity contribution is -0.352. The summed E-state index contributed by atoms with van der Waals surface area (Å²) in [5.41, 5.74) is 0. The maximum absolute atomic E-state index is 9.99. The van der Waals surface area contributed by atoms with Gasteiger partial charge in [-0.05, 0) is 6.92 Å².